The number of aromatic nitrogens is 2. The summed E-state index contributed by atoms with van der Waals surface area (Å²) in [4.78, 5) is 27.1. The molecule has 0 spiro atoms. The van der Waals surface area contributed by atoms with Crippen molar-refractivity contribution < 1.29 is 9.53 Å². The van der Waals surface area contributed by atoms with E-state index in [9.17, 15) is 9.59 Å². The third-order valence-corrected chi connectivity index (χ3v) is 5.78. The van der Waals surface area contributed by atoms with Crippen molar-refractivity contribution in [2.24, 2.45) is 5.92 Å². The Morgan fingerprint density at radius 1 is 1.32 bits per heavy atom. The van der Waals surface area contributed by atoms with E-state index in [1.54, 1.807) is 12.1 Å². The molecule has 2 aromatic rings. The molecule has 0 unspecified atom stereocenters. The molecule has 31 heavy (non-hydrogen) atoms. The molecule has 0 aliphatic carbocycles. The number of piperidine rings is 1. The number of carbonyl (C=O) groups excluding carboxylic acids is 1. The van der Waals surface area contributed by atoms with E-state index in [1.165, 1.54) is 10.7 Å². The molecule has 3 rings (SSSR count). The highest BCUT2D eigenvalue weighted by Crippen LogP contribution is 2.22. The number of anilines is 1. The van der Waals surface area contributed by atoms with Gasteiger partial charge in [0.25, 0.3) is 5.56 Å². The second kappa shape index (κ2) is 10.8. The van der Waals surface area contributed by atoms with E-state index in [-0.39, 0.29) is 23.5 Å². The zero-order valence-electron chi connectivity index (χ0n) is 18.4. The van der Waals surface area contributed by atoms with Crippen LogP contribution in [0, 0.1) is 12.8 Å². The second-order valence-electron chi connectivity index (χ2n) is 8.22. The molecular formula is C23H31ClN4O3. The summed E-state index contributed by atoms with van der Waals surface area (Å²) in [5.74, 6) is 0.641. The fourth-order valence-corrected chi connectivity index (χ4v) is 3.79. The van der Waals surface area contributed by atoms with E-state index in [1.807, 2.05) is 32.9 Å². The molecule has 1 atom stereocenters. The van der Waals surface area contributed by atoms with Gasteiger partial charge in [0, 0.05) is 37.3 Å². The van der Waals surface area contributed by atoms with Crippen molar-refractivity contribution in [2.45, 2.75) is 46.1 Å². The van der Waals surface area contributed by atoms with Gasteiger partial charge in [-0.2, -0.15) is 4.68 Å². The Hall–Kier alpha value is -2.38. The van der Waals surface area contributed by atoms with Gasteiger partial charge < -0.3 is 15.0 Å². The zero-order valence-corrected chi connectivity index (χ0v) is 19.2. The molecule has 0 radical (unpaired) electrons. The predicted molar refractivity (Wildman–Crippen MR) is 123 cm³/mol. The molecule has 1 fully saturated rings. The Kier molecular flexibility index (Phi) is 8.09. The van der Waals surface area contributed by atoms with Gasteiger partial charge in [0.15, 0.2) is 0 Å². The number of ether oxygens (including phenoxy) is 1. The third-order valence-electron chi connectivity index (χ3n) is 5.37. The number of aryl methyl sites for hydroxylation is 1. The molecule has 1 aliphatic rings. The van der Waals surface area contributed by atoms with Crippen LogP contribution in [-0.4, -0.2) is 48.0 Å². The first-order valence-electron chi connectivity index (χ1n) is 10.9. The first-order chi connectivity index (χ1) is 14.8. The van der Waals surface area contributed by atoms with Gasteiger partial charge >= 0.3 is 0 Å². The van der Waals surface area contributed by atoms with Crippen molar-refractivity contribution in [3.05, 3.63) is 51.3 Å². The standard InChI is InChI=1S/C23H31ClN4O3/c1-16(2)31-13-5-11-25-23(30)18-6-4-12-27(15-18)21-9-10-22(29)28(26-21)19-8-7-17(3)20(24)14-19/h7-10,14,16,18H,4-6,11-13,15H2,1-3H3,(H,25,30)/t18-/m1/s1. The lowest BCUT2D eigenvalue weighted by Gasteiger charge is -2.33. The van der Waals surface area contributed by atoms with Crippen molar-refractivity contribution >= 4 is 23.3 Å². The Morgan fingerprint density at radius 3 is 2.87 bits per heavy atom. The van der Waals surface area contributed by atoms with E-state index in [4.69, 9.17) is 16.3 Å². The van der Waals surface area contributed by atoms with Crippen LogP contribution in [0.25, 0.3) is 5.69 Å². The molecule has 0 bridgehead atoms. The number of nitrogens with one attached hydrogen (secondary N) is 1. The van der Waals surface area contributed by atoms with Crippen LogP contribution in [-0.2, 0) is 9.53 Å². The second-order valence-corrected chi connectivity index (χ2v) is 8.63. The molecule has 1 amide bonds. The van der Waals surface area contributed by atoms with Gasteiger partial charge in [-0.05, 0) is 63.8 Å². The summed E-state index contributed by atoms with van der Waals surface area (Å²) in [5.41, 5.74) is 1.34. The maximum Gasteiger partial charge on any atom is 0.271 e. The Balaban J connectivity index is 1.65. The lowest BCUT2D eigenvalue weighted by molar-refractivity contribution is -0.125. The summed E-state index contributed by atoms with van der Waals surface area (Å²) < 4.78 is 6.87. The van der Waals surface area contributed by atoms with Gasteiger partial charge in [-0.15, -0.1) is 5.10 Å². The molecule has 0 saturated carbocycles. The summed E-state index contributed by atoms with van der Waals surface area (Å²) in [6.45, 7) is 8.54. The maximum atomic E-state index is 12.6. The van der Waals surface area contributed by atoms with E-state index in [0.29, 0.717) is 36.2 Å². The lowest BCUT2D eigenvalue weighted by atomic mass is 9.97. The normalized spacial score (nSPS) is 16.5. The Labute approximate surface area is 188 Å². The number of carbonyl (C=O) groups is 1. The molecule has 1 aromatic carbocycles. The van der Waals surface area contributed by atoms with Crippen LogP contribution >= 0.6 is 11.6 Å². The number of rotatable bonds is 8. The zero-order chi connectivity index (χ0) is 22.4. The Bertz CT molecular complexity index is 960. The summed E-state index contributed by atoms with van der Waals surface area (Å²) in [7, 11) is 0. The fourth-order valence-electron chi connectivity index (χ4n) is 3.62. The van der Waals surface area contributed by atoms with Crippen molar-refractivity contribution in [3.63, 3.8) is 0 Å². The predicted octanol–water partition coefficient (Wildman–Crippen LogP) is 3.34. The minimum Gasteiger partial charge on any atom is -0.379 e. The average Bonchev–Trinajstić information content (AvgIpc) is 2.75. The highest BCUT2D eigenvalue weighted by Gasteiger charge is 2.26. The van der Waals surface area contributed by atoms with E-state index in [0.717, 1.165) is 31.4 Å². The number of amides is 1. The minimum absolute atomic E-state index is 0.0629. The number of hydrogen-bond donors (Lipinski definition) is 1. The largest absolute Gasteiger partial charge is 0.379 e. The topological polar surface area (TPSA) is 76.5 Å². The van der Waals surface area contributed by atoms with Crippen molar-refractivity contribution in [1.82, 2.24) is 15.1 Å². The van der Waals surface area contributed by atoms with Crippen LogP contribution in [0.15, 0.2) is 35.1 Å². The van der Waals surface area contributed by atoms with Crippen LogP contribution in [0.4, 0.5) is 5.82 Å². The number of benzene rings is 1. The van der Waals surface area contributed by atoms with Gasteiger partial charge in [-0.1, -0.05) is 17.7 Å². The monoisotopic (exact) mass is 446 g/mol. The SMILES string of the molecule is Cc1ccc(-n2nc(N3CCC[C@@H](C(=O)NCCCOC(C)C)C3)ccc2=O)cc1Cl. The molecule has 1 aliphatic heterocycles. The maximum absolute atomic E-state index is 12.6. The molecule has 7 nitrogen and oxygen atoms in total. The van der Waals surface area contributed by atoms with Crippen LogP contribution in [0.1, 0.15) is 38.7 Å². The summed E-state index contributed by atoms with van der Waals surface area (Å²) in [6.07, 6.45) is 2.74. The lowest BCUT2D eigenvalue weighted by Crippen LogP contribution is -2.44. The molecule has 168 valence electrons. The molecular weight excluding hydrogens is 416 g/mol. The molecule has 2 heterocycles. The Morgan fingerprint density at radius 2 is 2.13 bits per heavy atom. The summed E-state index contributed by atoms with van der Waals surface area (Å²) >= 11 is 6.23. The number of halogens is 1. The smallest absolute Gasteiger partial charge is 0.271 e. The van der Waals surface area contributed by atoms with Gasteiger partial charge in [-0.3, -0.25) is 9.59 Å². The van der Waals surface area contributed by atoms with Crippen LogP contribution in [0.2, 0.25) is 5.02 Å². The quantitative estimate of drug-likeness (QED) is 0.629. The highest BCUT2D eigenvalue weighted by molar-refractivity contribution is 6.31. The van der Waals surface area contributed by atoms with Gasteiger partial charge in [0.05, 0.1) is 17.7 Å². The van der Waals surface area contributed by atoms with Gasteiger partial charge in [0.2, 0.25) is 5.91 Å². The number of hydrogen-bond acceptors (Lipinski definition) is 5. The third kappa shape index (κ3) is 6.31. The van der Waals surface area contributed by atoms with Crippen molar-refractivity contribution in [1.29, 1.82) is 0 Å². The van der Waals surface area contributed by atoms with Gasteiger partial charge in [-0.25, -0.2) is 0 Å². The number of nitrogens with zero attached hydrogens (tertiary/aromatic N) is 3. The van der Waals surface area contributed by atoms with Crippen LogP contribution < -0.4 is 15.8 Å². The van der Waals surface area contributed by atoms with Crippen molar-refractivity contribution in [2.75, 3.05) is 31.1 Å². The molecule has 8 heteroatoms. The first kappa shape index (κ1) is 23.3. The minimum atomic E-state index is -0.224. The molecule has 1 aromatic heterocycles. The van der Waals surface area contributed by atoms with E-state index < -0.39 is 0 Å². The van der Waals surface area contributed by atoms with Gasteiger partial charge in [0.1, 0.15) is 5.82 Å². The molecule has 1 saturated heterocycles. The van der Waals surface area contributed by atoms with E-state index >= 15 is 0 Å². The van der Waals surface area contributed by atoms with E-state index in [2.05, 4.69) is 15.3 Å². The summed E-state index contributed by atoms with van der Waals surface area (Å²) in [6, 6.07) is 8.66. The van der Waals surface area contributed by atoms with Crippen LogP contribution in [0.5, 0.6) is 0 Å². The summed E-state index contributed by atoms with van der Waals surface area (Å²) in [5, 5.41) is 8.17. The fraction of sp³-hybridized carbons (Fsp3) is 0.522. The highest BCUT2D eigenvalue weighted by atomic mass is 35.5. The molecule has 1 N–H and O–H groups in total. The van der Waals surface area contributed by atoms with Crippen molar-refractivity contribution in [3.8, 4) is 5.69 Å². The first-order valence-corrected chi connectivity index (χ1v) is 11.2. The average molecular weight is 447 g/mol. The van der Waals surface area contributed by atoms with Crippen LogP contribution in [0.3, 0.4) is 0 Å².